The summed E-state index contributed by atoms with van der Waals surface area (Å²) >= 11 is 0. The largest absolute Gasteiger partial charge is 0.383 e. The molecule has 0 bridgehead atoms. The van der Waals surface area contributed by atoms with Gasteiger partial charge in [-0.25, -0.2) is 0 Å². The van der Waals surface area contributed by atoms with Gasteiger partial charge >= 0.3 is 0 Å². The van der Waals surface area contributed by atoms with Crippen LogP contribution < -0.4 is 5.32 Å². The first-order chi connectivity index (χ1) is 9.56. The number of amides is 1. The van der Waals surface area contributed by atoms with Gasteiger partial charge in [0.15, 0.2) is 0 Å². The van der Waals surface area contributed by atoms with E-state index in [1.807, 2.05) is 13.8 Å². The number of nitrogens with zero attached hydrogens (tertiary/aromatic N) is 2. The normalized spacial score (nSPS) is 10.7. The first-order valence-electron chi connectivity index (χ1n) is 7.11. The molecule has 0 saturated carbocycles. The van der Waals surface area contributed by atoms with Crippen molar-refractivity contribution < 1.29 is 9.53 Å². The Hall–Kier alpha value is -1.62. The second-order valence-corrected chi connectivity index (χ2v) is 4.99. The maximum Gasteiger partial charge on any atom is 0.255 e. The lowest BCUT2D eigenvalue weighted by Crippen LogP contribution is -2.31. The van der Waals surface area contributed by atoms with E-state index < -0.39 is 0 Å². The Morgan fingerprint density at radius 2 is 2.25 bits per heavy atom. The van der Waals surface area contributed by atoms with Gasteiger partial charge in [0.1, 0.15) is 0 Å². The van der Waals surface area contributed by atoms with Crippen LogP contribution in [0.25, 0.3) is 0 Å². The van der Waals surface area contributed by atoms with E-state index in [4.69, 9.17) is 4.74 Å². The topological polar surface area (TPSA) is 54.5 Å². The highest BCUT2D eigenvalue weighted by molar-refractivity contribution is 5.99. The van der Waals surface area contributed by atoms with Crippen molar-refractivity contribution in [2.24, 2.45) is 0 Å². The smallest absolute Gasteiger partial charge is 0.255 e. The highest BCUT2D eigenvalue weighted by atomic mass is 16.5. The van der Waals surface area contributed by atoms with Crippen LogP contribution in [-0.2, 0) is 4.74 Å². The first kappa shape index (κ1) is 16.4. The van der Waals surface area contributed by atoms with Gasteiger partial charge in [-0.05, 0) is 26.3 Å². The van der Waals surface area contributed by atoms with E-state index in [1.54, 1.807) is 30.4 Å². The van der Waals surface area contributed by atoms with E-state index in [2.05, 4.69) is 17.2 Å². The van der Waals surface area contributed by atoms with Crippen molar-refractivity contribution in [3.05, 3.63) is 24.0 Å². The van der Waals surface area contributed by atoms with Crippen molar-refractivity contribution in [3.63, 3.8) is 0 Å². The predicted molar refractivity (Wildman–Crippen MR) is 81.1 cm³/mol. The third kappa shape index (κ3) is 5.17. The van der Waals surface area contributed by atoms with E-state index >= 15 is 0 Å². The Morgan fingerprint density at radius 3 is 2.90 bits per heavy atom. The molecule has 0 spiro atoms. The lowest BCUT2D eigenvalue weighted by molar-refractivity contribution is 0.0532. The number of likely N-dealkylation sites (N-methyl/N-ethyl adjacent to an activating group) is 1. The van der Waals surface area contributed by atoms with Crippen LogP contribution in [0.1, 0.15) is 37.6 Å². The molecular formula is C15H25N3O2. The average Bonchev–Trinajstić information content (AvgIpc) is 2.44. The third-order valence-corrected chi connectivity index (χ3v) is 2.84. The molecule has 0 atom stereocenters. The summed E-state index contributed by atoms with van der Waals surface area (Å²) in [5.41, 5.74) is 1.44. The minimum atomic E-state index is -0.0154. The lowest BCUT2D eigenvalue weighted by atomic mass is 10.2. The number of hydrogen-bond acceptors (Lipinski definition) is 4. The van der Waals surface area contributed by atoms with E-state index in [0.29, 0.717) is 18.7 Å². The molecule has 1 aromatic heterocycles. The highest BCUT2D eigenvalue weighted by Crippen LogP contribution is 2.15. The number of anilines is 1. The molecular weight excluding hydrogens is 254 g/mol. The molecule has 1 aromatic rings. The van der Waals surface area contributed by atoms with Gasteiger partial charge < -0.3 is 15.0 Å². The van der Waals surface area contributed by atoms with E-state index in [1.165, 1.54) is 0 Å². The zero-order valence-electron chi connectivity index (χ0n) is 12.8. The van der Waals surface area contributed by atoms with Gasteiger partial charge in [-0.2, -0.15) is 0 Å². The fourth-order valence-electron chi connectivity index (χ4n) is 1.71. The zero-order valence-corrected chi connectivity index (χ0v) is 12.8. The third-order valence-electron chi connectivity index (χ3n) is 2.84. The molecule has 0 radical (unpaired) electrons. The Balaban J connectivity index is 2.65. The number of aromatic nitrogens is 1. The minimum absolute atomic E-state index is 0.0154. The maximum atomic E-state index is 12.4. The molecule has 5 nitrogen and oxygen atoms in total. The van der Waals surface area contributed by atoms with Crippen molar-refractivity contribution in [1.29, 1.82) is 0 Å². The lowest BCUT2D eigenvalue weighted by Gasteiger charge is -2.20. The molecule has 0 aliphatic carbocycles. The average molecular weight is 279 g/mol. The van der Waals surface area contributed by atoms with E-state index in [-0.39, 0.29) is 12.0 Å². The van der Waals surface area contributed by atoms with E-state index in [9.17, 15) is 4.79 Å². The molecule has 0 fully saturated rings. The predicted octanol–water partition coefficient (Wildman–Crippen LogP) is 2.40. The van der Waals surface area contributed by atoms with Crippen LogP contribution in [0, 0.1) is 0 Å². The standard InChI is InChI=1S/C15H25N3O2/c1-5-7-17-14-11-16-8-6-13(14)15(19)18(4)9-10-20-12(2)3/h6,8,11-12,17H,5,7,9-10H2,1-4H3. The summed E-state index contributed by atoms with van der Waals surface area (Å²) in [5.74, 6) is -0.0154. The van der Waals surface area contributed by atoms with Gasteiger partial charge in [0.2, 0.25) is 0 Å². The minimum Gasteiger partial charge on any atom is -0.383 e. The number of rotatable bonds is 8. The fraction of sp³-hybridized carbons (Fsp3) is 0.600. The zero-order chi connectivity index (χ0) is 15.0. The molecule has 0 aliphatic heterocycles. The molecule has 1 rings (SSSR count). The number of carbonyl (C=O) groups is 1. The SMILES string of the molecule is CCCNc1cnccc1C(=O)N(C)CCOC(C)C. The quantitative estimate of drug-likeness (QED) is 0.794. The van der Waals surface area contributed by atoms with Crippen LogP contribution >= 0.6 is 0 Å². The Morgan fingerprint density at radius 1 is 1.50 bits per heavy atom. The Kier molecular flexibility index (Phi) is 7.01. The first-order valence-corrected chi connectivity index (χ1v) is 7.11. The molecule has 1 heterocycles. The Labute approximate surface area is 121 Å². The van der Waals surface area contributed by atoms with Crippen LogP contribution in [-0.4, -0.2) is 48.6 Å². The van der Waals surface area contributed by atoms with Crippen LogP contribution in [0.15, 0.2) is 18.5 Å². The van der Waals surface area contributed by atoms with Crippen molar-refractivity contribution in [1.82, 2.24) is 9.88 Å². The van der Waals surface area contributed by atoms with Gasteiger partial charge in [-0.3, -0.25) is 9.78 Å². The molecule has 112 valence electrons. The Bertz CT molecular complexity index is 421. The molecule has 0 saturated heterocycles. The molecule has 0 aliphatic rings. The monoisotopic (exact) mass is 279 g/mol. The molecule has 20 heavy (non-hydrogen) atoms. The van der Waals surface area contributed by atoms with Crippen molar-refractivity contribution in [2.75, 3.05) is 32.1 Å². The summed E-state index contributed by atoms with van der Waals surface area (Å²) < 4.78 is 5.47. The van der Waals surface area contributed by atoms with Gasteiger partial charge in [-0.15, -0.1) is 0 Å². The number of nitrogens with one attached hydrogen (secondary N) is 1. The number of ether oxygens (including phenoxy) is 1. The molecule has 0 unspecified atom stereocenters. The molecule has 5 heteroatoms. The van der Waals surface area contributed by atoms with E-state index in [0.717, 1.165) is 18.7 Å². The molecule has 1 amide bonds. The van der Waals surface area contributed by atoms with Crippen molar-refractivity contribution >= 4 is 11.6 Å². The van der Waals surface area contributed by atoms with Gasteiger partial charge in [-0.1, -0.05) is 6.92 Å². The van der Waals surface area contributed by atoms with Crippen molar-refractivity contribution in [3.8, 4) is 0 Å². The number of hydrogen-bond donors (Lipinski definition) is 1. The summed E-state index contributed by atoms with van der Waals surface area (Å²) in [6.07, 6.45) is 4.52. The van der Waals surface area contributed by atoms with Gasteiger partial charge in [0.25, 0.3) is 5.91 Å². The summed E-state index contributed by atoms with van der Waals surface area (Å²) in [5, 5.41) is 3.23. The van der Waals surface area contributed by atoms with Gasteiger partial charge in [0.05, 0.1) is 30.2 Å². The fourth-order valence-corrected chi connectivity index (χ4v) is 1.71. The molecule has 1 N–H and O–H groups in total. The second-order valence-electron chi connectivity index (χ2n) is 4.99. The van der Waals surface area contributed by atoms with Crippen LogP contribution in [0.2, 0.25) is 0 Å². The van der Waals surface area contributed by atoms with Crippen LogP contribution in [0.5, 0.6) is 0 Å². The van der Waals surface area contributed by atoms with Crippen LogP contribution in [0.3, 0.4) is 0 Å². The maximum absolute atomic E-state index is 12.4. The summed E-state index contributed by atoms with van der Waals surface area (Å²) in [7, 11) is 1.79. The summed E-state index contributed by atoms with van der Waals surface area (Å²) in [6.45, 7) is 8.00. The summed E-state index contributed by atoms with van der Waals surface area (Å²) in [4.78, 5) is 18.1. The summed E-state index contributed by atoms with van der Waals surface area (Å²) in [6, 6.07) is 1.75. The number of carbonyl (C=O) groups excluding carboxylic acids is 1. The van der Waals surface area contributed by atoms with Gasteiger partial charge in [0, 0.05) is 26.3 Å². The number of pyridine rings is 1. The van der Waals surface area contributed by atoms with Crippen LogP contribution in [0.4, 0.5) is 5.69 Å². The van der Waals surface area contributed by atoms with Crippen molar-refractivity contribution in [2.45, 2.75) is 33.3 Å². The molecule has 0 aromatic carbocycles. The highest BCUT2D eigenvalue weighted by Gasteiger charge is 2.15. The second kappa shape index (κ2) is 8.53.